The second-order valence-corrected chi connectivity index (χ2v) is 7.78. The number of aromatic nitrogens is 1. The van der Waals surface area contributed by atoms with E-state index in [1.807, 2.05) is 16.8 Å². The molecule has 4 rings (SSSR count). The van der Waals surface area contributed by atoms with E-state index in [2.05, 4.69) is 16.9 Å². The molecule has 1 atom stereocenters. The van der Waals surface area contributed by atoms with Crippen molar-refractivity contribution in [2.45, 2.75) is 43.6 Å². The van der Waals surface area contributed by atoms with Gasteiger partial charge in [-0.15, -0.1) is 0 Å². The molecule has 1 spiro atoms. The van der Waals surface area contributed by atoms with Gasteiger partial charge in [-0.25, -0.2) is 4.98 Å². The number of oxazole rings is 1. The summed E-state index contributed by atoms with van der Waals surface area (Å²) in [6.45, 7) is 2.90. The van der Waals surface area contributed by atoms with Gasteiger partial charge in [0.25, 0.3) is 5.91 Å². The van der Waals surface area contributed by atoms with Crippen molar-refractivity contribution < 1.29 is 14.0 Å². The van der Waals surface area contributed by atoms with E-state index in [0.29, 0.717) is 31.1 Å². The maximum absolute atomic E-state index is 13.1. The van der Waals surface area contributed by atoms with Crippen molar-refractivity contribution in [1.29, 1.82) is 0 Å². The third-order valence-electron chi connectivity index (χ3n) is 6.18. The van der Waals surface area contributed by atoms with Gasteiger partial charge in [0.1, 0.15) is 5.76 Å². The van der Waals surface area contributed by atoms with Crippen LogP contribution in [0.25, 0.3) is 0 Å². The van der Waals surface area contributed by atoms with Gasteiger partial charge in [-0.2, -0.15) is 0 Å². The lowest BCUT2D eigenvalue weighted by molar-refractivity contribution is -0.129. The highest BCUT2D eigenvalue weighted by molar-refractivity contribution is 5.93. The Morgan fingerprint density at radius 1 is 1.24 bits per heavy atom. The van der Waals surface area contributed by atoms with Crippen LogP contribution in [0.1, 0.15) is 54.3 Å². The van der Waals surface area contributed by atoms with Crippen molar-refractivity contribution >= 4 is 11.8 Å². The lowest BCUT2D eigenvalue weighted by Gasteiger charge is -2.49. The van der Waals surface area contributed by atoms with Crippen LogP contribution in [0.4, 0.5) is 0 Å². The molecule has 3 aliphatic rings. The van der Waals surface area contributed by atoms with Gasteiger partial charge < -0.3 is 14.2 Å². The summed E-state index contributed by atoms with van der Waals surface area (Å²) in [5, 5.41) is 0. The Balaban J connectivity index is 1.54. The minimum atomic E-state index is -0.127. The van der Waals surface area contributed by atoms with Crippen LogP contribution < -0.4 is 0 Å². The molecule has 0 unspecified atom stereocenters. The summed E-state index contributed by atoms with van der Waals surface area (Å²) < 4.78 is 5.49. The summed E-state index contributed by atoms with van der Waals surface area (Å²) in [6, 6.07) is 0. The van der Waals surface area contributed by atoms with Crippen molar-refractivity contribution in [2.24, 2.45) is 0 Å². The van der Waals surface area contributed by atoms with E-state index in [4.69, 9.17) is 4.42 Å². The first-order chi connectivity index (χ1) is 12.0. The molecular weight excluding hydrogens is 320 g/mol. The van der Waals surface area contributed by atoms with Crippen molar-refractivity contribution in [3.8, 4) is 0 Å². The van der Waals surface area contributed by atoms with Gasteiger partial charge >= 0.3 is 0 Å². The van der Waals surface area contributed by atoms with Crippen molar-refractivity contribution in [1.82, 2.24) is 19.7 Å². The largest absolute Gasteiger partial charge is 0.447 e. The lowest BCUT2D eigenvalue weighted by Crippen LogP contribution is -2.62. The normalized spacial score (nSPS) is 28.5. The van der Waals surface area contributed by atoms with Gasteiger partial charge in [-0.3, -0.25) is 14.5 Å². The zero-order valence-electron chi connectivity index (χ0n) is 15.0. The number of nitrogens with zero attached hydrogens (tertiary/aromatic N) is 4. The quantitative estimate of drug-likeness (QED) is 0.808. The van der Waals surface area contributed by atoms with E-state index < -0.39 is 0 Å². The predicted octanol–water partition coefficient (Wildman–Crippen LogP) is 1.32. The number of hydrogen-bond donors (Lipinski definition) is 0. The van der Waals surface area contributed by atoms with Gasteiger partial charge in [0.05, 0.1) is 0 Å². The highest BCUT2D eigenvalue weighted by Gasteiger charge is 2.44. The number of carbonyl (C=O) groups is 2. The van der Waals surface area contributed by atoms with Crippen molar-refractivity contribution in [3.63, 3.8) is 0 Å². The maximum atomic E-state index is 13.1. The van der Waals surface area contributed by atoms with E-state index in [9.17, 15) is 9.59 Å². The molecule has 2 aliphatic heterocycles. The summed E-state index contributed by atoms with van der Waals surface area (Å²) >= 11 is 0. The molecule has 3 fully saturated rings. The van der Waals surface area contributed by atoms with Crippen LogP contribution in [0.15, 0.2) is 10.8 Å². The Morgan fingerprint density at radius 2 is 2.04 bits per heavy atom. The van der Waals surface area contributed by atoms with E-state index in [0.717, 1.165) is 44.5 Å². The second kappa shape index (κ2) is 6.12. The number of likely N-dealkylation sites (N-methyl/N-ethyl adjacent to an activating group) is 1. The standard InChI is InChI=1S/C18H26N4O3/c1-20-8-7-18(6-5-14(20)23)11-22(10-9-21(18)2)17(24)15-16(13-3-4-13)25-12-19-15/h12-13H,3-11H2,1-2H3/t18-/m1/s1. The molecule has 2 amide bonds. The van der Waals surface area contributed by atoms with Crippen molar-refractivity contribution in [3.05, 3.63) is 17.8 Å². The number of piperazine rings is 1. The molecule has 136 valence electrons. The first kappa shape index (κ1) is 16.6. The number of carbonyl (C=O) groups excluding carboxylic acids is 2. The van der Waals surface area contributed by atoms with Crippen LogP contribution in [0, 0.1) is 0 Å². The topological polar surface area (TPSA) is 69.9 Å². The zero-order valence-corrected chi connectivity index (χ0v) is 15.0. The summed E-state index contributed by atoms with van der Waals surface area (Å²) in [5.74, 6) is 1.30. The number of rotatable bonds is 2. The maximum Gasteiger partial charge on any atom is 0.276 e. The lowest BCUT2D eigenvalue weighted by atomic mass is 9.86. The molecule has 2 saturated heterocycles. The first-order valence-electron chi connectivity index (χ1n) is 9.18. The first-order valence-corrected chi connectivity index (χ1v) is 9.18. The van der Waals surface area contributed by atoms with Crippen LogP contribution in [0.2, 0.25) is 0 Å². The van der Waals surface area contributed by atoms with E-state index in [-0.39, 0.29) is 17.4 Å². The second-order valence-electron chi connectivity index (χ2n) is 7.78. The number of likely N-dealkylation sites (tertiary alicyclic amines) is 1. The van der Waals surface area contributed by atoms with Gasteiger partial charge in [-0.1, -0.05) is 0 Å². The molecule has 0 radical (unpaired) electrons. The zero-order chi connectivity index (χ0) is 17.6. The molecule has 1 saturated carbocycles. The summed E-state index contributed by atoms with van der Waals surface area (Å²) in [6.07, 6.45) is 5.79. The van der Waals surface area contributed by atoms with Crippen LogP contribution >= 0.6 is 0 Å². The van der Waals surface area contributed by atoms with Crippen LogP contribution in [0.3, 0.4) is 0 Å². The average Bonchev–Trinajstić information content (AvgIpc) is 3.37. The molecule has 1 aromatic heterocycles. The number of hydrogen-bond acceptors (Lipinski definition) is 5. The SMILES string of the molecule is CN1CC[C@]2(CCC1=O)CN(C(=O)c1ncoc1C1CC1)CCN2C. The third kappa shape index (κ3) is 2.94. The Kier molecular flexibility index (Phi) is 4.06. The predicted molar refractivity (Wildman–Crippen MR) is 91.2 cm³/mol. The van der Waals surface area contributed by atoms with Crippen LogP contribution in [0.5, 0.6) is 0 Å². The van der Waals surface area contributed by atoms with E-state index in [1.54, 1.807) is 0 Å². The summed E-state index contributed by atoms with van der Waals surface area (Å²) in [5.41, 5.74) is 0.363. The Hall–Kier alpha value is -1.89. The van der Waals surface area contributed by atoms with Gasteiger partial charge in [0.15, 0.2) is 12.1 Å². The van der Waals surface area contributed by atoms with Crippen LogP contribution in [-0.2, 0) is 4.79 Å². The Morgan fingerprint density at radius 3 is 2.80 bits per heavy atom. The molecule has 0 aromatic carbocycles. The fourth-order valence-corrected chi connectivity index (χ4v) is 4.13. The summed E-state index contributed by atoms with van der Waals surface area (Å²) in [7, 11) is 3.98. The number of amides is 2. The van der Waals surface area contributed by atoms with Gasteiger partial charge in [0.2, 0.25) is 5.91 Å². The minimum Gasteiger partial charge on any atom is -0.447 e. The summed E-state index contributed by atoms with van der Waals surface area (Å²) in [4.78, 5) is 35.4. The highest BCUT2D eigenvalue weighted by Crippen LogP contribution is 2.42. The Labute approximate surface area is 148 Å². The third-order valence-corrected chi connectivity index (χ3v) is 6.18. The molecule has 0 bridgehead atoms. The molecule has 7 nitrogen and oxygen atoms in total. The molecule has 3 heterocycles. The monoisotopic (exact) mass is 346 g/mol. The highest BCUT2D eigenvalue weighted by atomic mass is 16.3. The Bertz CT molecular complexity index is 684. The smallest absolute Gasteiger partial charge is 0.276 e. The van der Waals surface area contributed by atoms with Crippen molar-refractivity contribution in [2.75, 3.05) is 40.3 Å². The molecule has 25 heavy (non-hydrogen) atoms. The van der Waals surface area contributed by atoms with E-state index in [1.165, 1.54) is 6.39 Å². The molecule has 1 aliphatic carbocycles. The molecule has 0 N–H and O–H groups in total. The van der Waals surface area contributed by atoms with Gasteiger partial charge in [-0.05, 0) is 32.7 Å². The fourth-order valence-electron chi connectivity index (χ4n) is 4.13. The fraction of sp³-hybridized carbons (Fsp3) is 0.722. The van der Waals surface area contributed by atoms with Gasteiger partial charge in [0, 0.05) is 51.1 Å². The van der Waals surface area contributed by atoms with E-state index >= 15 is 0 Å². The molecular formula is C18H26N4O3. The minimum absolute atomic E-state index is 0.0212. The molecule has 7 heteroatoms. The molecule has 1 aromatic rings. The van der Waals surface area contributed by atoms with Crippen LogP contribution in [-0.4, -0.2) is 77.3 Å². The average molecular weight is 346 g/mol.